The molecule has 4 aliphatic carbocycles. The van der Waals surface area contributed by atoms with E-state index in [-0.39, 0.29) is 42.2 Å². The molecule has 2 bridgehead atoms. The third-order valence-electron chi connectivity index (χ3n) is 6.45. The molecule has 5 heteroatoms. The van der Waals surface area contributed by atoms with Crippen molar-refractivity contribution in [2.45, 2.75) is 13.3 Å². The normalized spacial score (nSPS) is 38.3. The van der Waals surface area contributed by atoms with Crippen molar-refractivity contribution in [2.75, 3.05) is 12.0 Å². The van der Waals surface area contributed by atoms with Crippen molar-refractivity contribution < 1.29 is 9.59 Å². The maximum atomic E-state index is 12.9. The van der Waals surface area contributed by atoms with Crippen molar-refractivity contribution >= 4 is 29.1 Å². The number of imide groups is 1. The lowest BCUT2D eigenvalue weighted by Gasteiger charge is -2.37. The molecule has 2 amide bonds. The van der Waals surface area contributed by atoms with Crippen LogP contribution in [0.15, 0.2) is 30.4 Å². The van der Waals surface area contributed by atoms with Gasteiger partial charge in [-0.05, 0) is 54.7 Å². The monoisotopic (exact) mass is 342 g/mol. The van der Waals surface area contributed by atoms with Crippen molar-refractivity contribution in [1.82, 2.24) is 4.90 Å². The Bertz CT molecular complexity index is 754. The second-order valence-electron chi connectivity index (χ2n) is 7.51. The summed E-state index contributed by atoms with van der Waals surface area (Å²) in [6, 6.07) is 5.61. The molecule has 0 aromatic heterocycles. The van der Waals surface area contributed by atoms with E-state index in [0.717, 1.165) is 11.3 Å². The number of hydrogen-bond acceptors (Lipinski definition) is 3. The van der Waals surface area contributed by atoms with Crippen LogP contribution in [-0.2, 0) is 9.59 Å². The lowest BCUT2D eigenvalue weighted by molar-refractivity contribution is -0.139. The van der Waals surface area contributed by atoms with E-state index in [2.05, 4.69) is 17.5 Å². The molecule has 0 radical (unpaired) electrons. The fourth-order valence-electron chi connectivity index (χ4n) is 5.14. The lowest BCUT2D eigenvalue weighted by Crippen LogP contribution is -2.40. The third kappa shape index (κ3) is 1.80. The first-order valence-electron chi connectivity index (χ1n) is 8.60. The minimum Gasteiger partial charge on any atom is -0.367 e. The summed E-state index contributed by atoms with van der Waals surface area (Å²) >= 11 is 6.14. The van der Waals surface area contributed by atoms with Crippen molar-refractivity contribution in [1.29, 1.82) is 0 Å². The van der Waals surface area contributed by atoms with Gasteiger partial charge < -0.3 is 5.32 Å². The van der Waals surface area contributed by atoms with Crippen LogP contribution in [0.3, 0.4) is 0 Å². The molecule has 5 aliphatic rings. The van der Waals surface area contributed by atoms with Gasteiger partial charge in [0.15, 0.2) is 0 Å². The smallest absolute Gasteiger partial charge is 0.235 e. The molecule has 1 heterocycles. The van der Waals surface area contributed by atoms with Gasteiger partial charge in [0, 0.05) is 10.7 Å². The van der Waals surface area contributed by atoms with Gasteiger partial charge in [-0.3, -0.25) is 14.5 Å². The number of benzene rings is 1. The fraction of sp³-hybridized carbons (Fsp3) is 0.474. The Balaban J connectivity index is 1.38. The van der Waals surface area contributed by atoms with E-state index < -0.39 is 0 Å². The molecule has 1 aliphatic heterocycles. The summed E-state index contributed by atoms with van der Waals surface area (Å²) in [6.45, 7) is 2.15. The zero-order valence-corrected chi connectivity index (χ0v) is 14.2. The number of halogens is 1. The fourth-order valence-corrected chi connectivity index (χ4v) is 5.31. The molecule has 0 spiro atoms. The van der Waals surface area contributed by atoms with E-state index in [1.807, 2.05) is 25.1 Å². The van der Waals surface area contributed by atoms with Gasteiger partial charge in [-0.15, -0.1) is 0 Å². The van der Waals surface area contributed by atoms with Gasteiger partial charge in [0.25, 0.3) is 0 Å². The Morgan fingerprint density at radius 1 is 1.12 bits per heavy atom. The molecular formula is C19H19ClN2O2. The summed E-state index contributed by atoms with van der Waals surface area (Å²) < 4.78 is 0. The van der Waals surface area contributed by atoms with Gasteiger partial charge in [0.05, 0.1) is 18.5 Å². The van der Waals surface area contributed by atoms with Crippen LogP contribution in [0.4, 0.5) is 5.69 Å². The van der Waals surface area contributed by atoms with Crippen molar-refractivity contribution in [3.8, 4) is 0 Å². The molecule has 4 nitrogen and oxygen atoms in total. The maximum absolute atomic E-state index is 12.9. The van der Waals surface area contributed by atoms with Crippen LogP contribution >= 0.6 is 11.6 Å². The standard InChI is InChI=1S/C19H19ClN2O2/c1-9-14(20)3-2-4-15(9)21-8-22-18(23)16-10-5-6-11(13-7-12(10)13)17(16)19(22)24/h2-6,10-13,16-17,21H,7-8H2,1H3/t10-,11-,12-,13+,16+,17+/m1/s1. The predicted molar refractivity (Wildman–Crippen MR) is 91.2 cm³/mol. The van der Waals surface area contributed by atoms with Crippen LogP contribution in [0.25, 0.3) is 0 Å². The Labute approximate surface area is 145 Å². The van der Waals surface area contributed by atoms with Crippen molar-refractivity contribution in [2.24, 2.45) is 35.5 Å². The number of nitrogens with one attached hydrogen (secondary N) is 1. The molecule has 1 saturated heterocycles. The Morgan fingerprint density at radius 2 is 1.75 bits per heavy atom. The molecule has 1 aromatic carbocycles. The molecule has 124 valence electrons. The molecule has 6 atom stereocenters. The zero-order valence-electron chi connectivity index (χ0n) is 13.4. The van der Waals surface area contributed by atoms with E-state index in [0.29, 0.717) is 16.9 Å². The number of allylic oxidation sites excluding steroid dienone is 2. The second kappa shape index (κ2) is 4.85. The molecular weight excluding hydrogens is 324 g/mol. The maximum Gasteiger partial charge on any atom is 0.235 e. The number of rotatable bonds is 3. The van der Waals surface area contributed by atoms with Gasteiger partial charge in [-0.25, -0.2) is 0 Å². The van der Waals surface area contributed by atoms with E-state index >= 15 is 0 Å². The first kappa shape index (κ1) is 14.5. The van der Waals surface area contributed by atoms with Crippen LogP contribution in [-0.4, -0.2) is 23.4 Å². The van der Waals surface area contributed by atoms with Gasteiger partial charge in [-0.2, -0.15) is 0 Å². The highest BCUT2D eigenvalue weighted by Crippen LogP contribution is 2.65. The van der Waals surface area contributed by atoms with Crippen molar-refractivity contribution in [3.63, 3.8) is 0 Å². The van der Waals surface area contributed by atoms with Crippen LogP contribution in [0.1, 0.15) is 12.0 Å². The molecule has 3 fully saturated rings. The molecule has 0 unspecified atom stereocenters. The molecule has 1 N–H and O–H groups in total. The van der Waals surface area contributed by atoms with Crippen LogP contribution in [0.5, 0.6) is 0 Å². The topological polar surface area (TPSA) is 49.4 Å². The summed E-state index contributed by atoms with van der Waals surface area (Å²) in [7, 11) is 0. The minimum atomic E-state index is -0.126. The molecule has 2 saturated carbocycles. The average molecular weight is 343 g/mol. The molecule has 24 heavy (non-hydrogen) atoms. The van der Waals surface area contributed by atoms with Crippen LogP contribution in [0, 0.1) is 42.4 Å². The van der Waals surface area contributed by atoms with E-state index in [9.17, 15) is 9.59 Å². The number of likely N-dealkylation sites (tertiary alicyclic amines) is 1. The quantitative estimate of drug-likeness (QED) is 0.678. The number of nitrogens with zero attached hydrogens (tertiary/aromatic N) is 1. The van der Waals surface area contributed by atoms with Gasteiger partial charge in [-0.1, -0.05) is 29.8 Å². The van der Waals surface area contributed by atoms with Crippen LogP contribution in [0.2, 0.25) is 5.02 Å². The van der Waals surface area contributed by atoms with Gasteiger partial charge in [0.1, 0.15) is 0 Å². The van der Waals surface area contributed by atoms with Crippen LogP contribution < -0.4 is 5.32 Å². The number of anilines is 1. The number of amides is 2. The predicted octanol–water partition coefficient (Wildman–Crippen LogP) is 3.07. The summed E-state index contributed by atoms with van der Waals surface area (Å²) in [6.07, 6.45) is 5.59. The first-order chi connectivity index (χ1) is 11.6. The molecule has 1 aromatic rings. The third-order valence-corrected chi connectivity index (χ3v) is 6.86. The SMILES string of the molecule is Cc1c(Cl)cccc1NCN1C(=O)[C@H]2[C@@H]3C=C[C@H]([C@@H]4C[C@H]34)[C@@H]2C1=O. The summed E-state index contributed by atoms with van der Waals surface area (Å²) in [5.41, 5.74) is 1.79. The Hall–Kier alpha value is -1.81. The summed E-state index contributed by atoms with van der Waals surface area (Å²) in [4.78, 5) is 27.2. The largest absolute Gasteiger partial charge is 0.367 e. The highest BCUT2D eigenvalue weighted by molar-refractivity contribution is 6.31. The van der Waals surface area contributed by atoms with Gasteiger partial charge in [0.2, 0.25) is 11.8 Å². The zero-order chi connectivity index (χ0) is 16.6. The first-order valence-corrected chi connectivity index (χ1v) is 8.98. The number of carbonyl (C=O) groups is 2. The van der Waals surface area contributed by atoms with E-state index in [4.69, 9.17) is 11.6 Å². The van der Waals surface area contributed by atoms with Crippen molar-refractivity contribution in [3.05, 3.63) is 40.9 Å². The number of hydrogen-bond donors (Lipinski definition) is 1. The number of carbonyl (C=O) groups excluding carboxylic acids is 2. The summed E-state index contributed by atoms with van der Waals surface area (Å²) in [5.74, 6) is 1.58. The molecule has 6 rings (SSSR count). The second-order valence-corrected chi connectivity index (χ2v) is 7.91. The highest BCUT2D eigenvalue weighted by Gasteiger charge is 2.66. The lowest BCUT2D eigenvalue weighted by atomic mass is 9.63. The summed E-state index contributed by atoms with van der Waals surface area (Å²) in [5, 5.41) is 3.89. The Kier molecular flexibility index (Phi) is 2.94. The van der Waals surface area contributed by atoms with Gasteiger partial charge >= 0.3 is 0 Å². The minimum absolute atomic E-state index is 0.00174. The highest BCUT2D eigenvalue weighted by atomic mass is 35.5. The Morgan fingerprint density at radius 3 is 2.38 bits per heavy atom. The van der Waals surface area contributed by atoms with E-state index in [1.54, 1.807) is 0 Å². The average Bonchev–Trinajstić information content (AvgIpc) is 3.35. The van der Waals surface area contributed by atoms with E-state index in [1.165, 1.54) is 11.3 Å².